The summed E-state index contributed by atoms with van der Waals surface area (Å²) in [4.78, 5) is 30.3. The number of benzene rings is 1. The lowest BCUT2D eigenvalue weighted by molar-refractivity contribution is -0.133. The maximum absolute atomic E-state index is 13.5. The van der Waals surface area contributed by atoms with E-state index in [1.54, 1.807) is 40.3 Å². The second kappa shape index (κ2) is 12.0. The number of ether oxygens (including phenoxy) is 2. The number of nitrogens with zero attached hydrogens (tertiary/aromatic N) is 3. The van der Waals surface area contributed by atoms with Gasteiger partial charge in [-0.3, -0.25) is 9.59 Å². The van der Waals surface area contributed by atoms with Crippen molar-refractivity contribution in [1.82, 2.24) is 14.4 Å². The van der Waals surface area contributed by atoms with E-state index >= 15 is 0 Å². The van der Waals surface area contributed by atoms with Crippen molar-refractivity contribution in [3.05, 3.63) is 71.9 Å². The molecule has 3 aromatic rings. The van der Waals surface area contributed by atoms with Crippen LogP contribution >= 0.6 is 0 Å². The zero-order valence-corrected chi connectivity index (χ0v) is 20.3. The first-order valence-corrected chi connectivity index (χ1v) is 11.4. The second-order valence-corrected chi connectivity index (χ2v) is 8.12. The fourth-order valence-electron chi connectivity index (χ4n) is 3.66. The number of carbonyl (C=O) groups is 2. The SMILES string of the molecule is CCCCN(CC(=O)N(Cc1ccco1)Cc1cccn1C)C(=O)c1cc(OC)cc(OC)c1. The largest absolute Gasteiger partial charge is 0.497 e. The third kappa shape index (κ3) is 6.43. The highest BCUT2D eigenvalue weighted by Crippen LogP contribution is 2.24. The Hall–Kier alpha value is -3.68. The maximum atomic E-state index is 13.5. The summed E-state index contributed by atoms with van der Waals surface area (Å²) in [6, 6.07) is 12.6. The van der Waals surface area contributed by atoms with Crippen molar-refractivity contribution in [2.75, 3.05) is 27.3 Å². The Morgan fingerprint density at radius 3 is 2.29 bits per heavy atom. The van der Waals surface area contributed by atoms with E-state index in [2.05, 4.69) is 6.92 Å². The average Bonchev–Trinajstić information content (AvgIpc) is 3.52. The summed E-state index contributed by atoms with van der Waals surface area (Å²) in [6.45, 7) is 3.21. The number of hydrogen-bond acceptors (Lipinski definition) is 5. The predicted molar refractivity (Wildman–Crippen MR) is 129 cm³/mol. The molecule has 0 atom stereocenters. The minimum absolute atomic E-state index is 0.0382. The van der Waals surface area contributed by atoms with Gasteiger partial charge >= 0.3 is 0 Å². The molecule has 8 nitrogen and oxygen atoms in total. The van der Waals surface area contributed by atoms with Gasteiger partial charge in [-0.1, -0.05) is 13.3 Å². The molecule has 0 saturated carbocycles. The van der Waals surface area contributed by atoms with Crippen LogP contribution < -0.4 is 9.47 Å². The Morgan fingerprint density at radius 2 is 1.74 bits per heavy atom. The van der Waals surface area contributed by atoms with E-state index in [1.807, 2.05) is 36.0 Å². The Kier molecular flexibility index (Phi) is 8.79. The third-order valence-corrected chi connectivity index (χ3v) is 5.68. The van der Waals surface area contributed by atoms with Crippen LogP contribution in [0.3, 0.4) is 0 Å². The normalized spacial score (nSPS) is 10.7. The standard InChI is InChI=1S/C26H33N3O5/c1-5-6-12-28(26(31)20-14-23(32-3)16-24(15-20)33-4)19-25(30)29(18-22-10-8-13-34-22)17-21-9-7-11-27(21)2/h7-11,13-16H,5-6,12,17-19H2,1-4H3. The van der Waals surface area contributed by atoms with Crippen molar-refractivity contribution in [1.29, 1.82) is 0 Å². The molecule has 3 rings (SSSR count). The van der Waals surface area contributed by atoms with E-state index < -0.39 is 0 Å². The molecular formula is C26H33N3O5. The van der Waals surface area contributed by atoms with Gasteiger partial charge in [0.05, 0.1) is 33.6 Å². The number of amides is 2. The number of aromatic nitrogens is 1. The van der Waals surface area contributed by atoms with Crippen LogP contribution in [0.15, 0.2) is 59.3 Å². The number of rotatable bonds is 12. The Balaban J connectivity index is 1.84. The molecule has 0 radical (unpaired) electrons. The summed E-state index contributed by atoms with van der Waals surface area (Å²) in [6.07, 6.45) is 5.22. The van der Waals surface area contributed by atoms with Gasteiger partial charge in [-0.05, 0) is 42.8 Å². The number of aryl methyl sites for hydroxylation is 1. The first-order chi connectivity index (χ1) is 16.4. The number of unbranched alkanes of at least 4 members (excludes halogenated alkanes) is 1. The zero-order valence-electron chi connectivity index (χ0n) is 20.3. The molecule has 2 amide bonds. The topological polar surface area (TPSA) is 77.2 Å². The summed E-state index contributed by atoms with van der Waals surface area (Å²) in [5.41, 5.74) is 1.41. The number of carbonyl (C=O) groups excluding carboxylic acids is 2. The molecule has 0 aliphatic rings. The molecule has 0 bridgehead atoms. The quantitative estimate of drug-likeness (QED) is 0.401. The van der Waals surface area contributed by atoms with E-state index in [1.165, 1.54) is 14.2 Å². The fourth-order valence-corrected chi connectivity index (χ4v) is 3.66. The summed E-state index contributed by atoms with van der Waals surface area (Å²) in [5, 5.41) is 0. The van der Waals surface area contributed by atoms with E-state index in [4.69, 9.17) is 13.9 Å². The van der Waals surface area contributed by atoms with Crippen molar-refractivity contribution < 1.29 is 23.5 Å². The first kappa shape index (κ1) is 25.0. The van der Waals surface area contributed by atoms with Crippen molar-refractivity contribution in [2.24, 2.45) is 7.05 Å². The molecule has 0 aliphatic carbocycles. The van der Waals surface area contributed by atoms with E-state index in [9.17, 15) is 9.59 Å². The van der Waals surface area contributed by atoms with Gasteiger partial charge in [0.1, 0.15) is 23.8 Å². The monoisotopic (exact) mass is 467 g/mol. The van der Waals surface area contributed by atoms with Crippen LogP contribution in [0.2, 0.25) is 0 Å². The van der Waals surface area contributed by atoms with Gasteiger partial charge in [0.2, 0.25) is 5.91 Å². The maximum Gasteiger partial charge on any atom is 0.254 e. The molecule has 0 N–H and O–H groups in total. The third-order valence-electron chi connectivity index (χ3n) is 5.68. The first-order valence-electron chi connectivity index (χ1n) is 11.4. The van der Waals surface area contributed by atoms with Crippen LogP contribution in [0.4, 0.5) is 0 Å². The molecule has 34 heavy (non-hydrogen) atoms. The molecule has 8 heteroatoms. The summed E-state index contributed by atoms with van der Waals surface area (Å²) in [7, 11) is 5.02. The number of furan rings is 1. The molecule has 0 spiro atoms. The van der Waals surface area contributed by atoms with Crippen molar-refractivity contribution in [3.8, 4) is 11.5 Å². The summed E-state index contributed by atoms with van der Waals surface area (Å²) < 4.78 is 18.1. The zero-order chi connectivity index (χ0) is 24.5. The van der Waals surface area contributed by atoms with Crippen LogP contribution in [-0.4, -0.2) is 53.5 Å². The van der Waals surface area contributed by atoms with E-state index in [-0.39, 0.29) is 18.4 Å². The van der Waals surface area contributed by atoms with Crippen molar-refractivity contribution in [2.45, 2.75) is 32.9 Å². The van der Waals surface area contributed by atoms with Crippen LogP contribution in [-0.2, 0) is 24.9 Å². The van der Waals surface area contributed by atoms with Crippen LogP contribution in [0.5, 0.6) is 11.5 Å². The van der Waals surface area contributed by atoms with Crippen LogP contribution in [0, 0.1) is 0 Å². The predicted octanol–water partition coefficient (Wildman–Crippen LogP) is 4.11. The highest BCUT2D eigenvalue weighted by Gasteiger charge is 2.24. The minimum Gasteiger partial charge on any atom is -0.497 e. The minimum atomic E-state index is -0.240. The fraction of sp³-hybridized carbons (Fsp3) is 0.385. The van der Waals surface area contributed by atoms with Gasteiger partial charge in [-0.2, -0.15) is 0 Å². The second-order valence-electron chi connectivity index (χ2n) is 8.12. The number of methoxy groups -OCH3 is 2. The van der Waals surface area contributed by atoms with Gasteiger partial charge in [0.15, 0.2) is 0 Å². The Morgan fingerprint density at radius 1 is 1.00 bits per heavy atom. The molecular weight excluding hydrogens is 434 g/mol. The Bertz CT molecular complexity index is 1050. The molecule has 0 aliphatic heterocycles. The van der Waals surface area contributed by atoms with Gasteiger partial charge in [0.25, 0.3) is 5.91 Å². The molecule has 0 unspecified atom stereocenters. The summed E-state index contributed by atoms with van der Waals surface area (Å²) >= 11 is 0. The highest BCUT2D eigenvalue weighted by atomic mass is 16.5. The molecule has 1 aromatic carbocycles. The smallest absolute Gasteiger partial charge is 0.254 e. The van der Waals surface area contributed by atoms with E-state index in [0.29, 0.717) is 42.5 Å². The molecule has 0 saturated heterocycles. The van der Waals surface area contributed by atoms with Crippen LogP contribution in [0.1, 0.15) is 41.6 Å². The lowest BCUT2D eigenvalue weighted by Crippen LogP contribution is -2.43. The van der Waals surface area contributed by atoms with Crippen molar-refractivity contribution >= 4 is 11.8 Å². The van der Waals surface area contributed by atoms with Crippen molar-refractivity contribution in [3.63, 3.8) is 0 Å². The van der Waals surface area contributed by atoms with Gasteiger partial charge in [0, 0.05) is 37.1 Å². The molecule has 2 heterocycles. The van der Waals surface area contributed by atoms with E-state index in [0.717, 1.165) is 18.5 Å². The van der Waals surface area contributed by atoms with Crippen LogP contribution in [0.25, 0.3) is 0 Å². The average molecular weight is 468 g/mol. The number of hydrogen-bond donors (Lipinski definition) is 0. The van der Waals surface area contributed by atoms with Gasteiger partial charge < -0.3 is 28.3 Å². The van der Waals surface area contributed by atoms with Gasteiger partial charge in [-0.15, -0.1) is 0 Å². The molecule has 0 fully saturated rings. The summed E-state index contributed by atoms with van der Waals surface area (Å²) in [5.74, 6) is 1.33. The lowest BCUT2D eigenvalue weighted by atomic mass is 10.1. The Labute approximate surface area is 200 Å². The molecule has 2 aromatic heterocycles. The lowest BCUT2D eigenvalue weighted by Gasteiger charge is -2.27. The highest BCUT2D eigenvalue weighted by molar-refractivity contribution is 5.97. The molecule has 182 valence electrons. The van der Waals surface area contributed by atoms with Gasteiger partial charge in [-0.25, -0.2) is 0 Å².